The number of fused-ring (bicyclic) bond motifs is 1. The predicted molar refractivity (Wildman–Crippen MR) is 97.4 cm³/mol. The molecule has 1 N–H and O–H groups in total. The largest absolute Gasteiger partial charge is 0.619 e. The van der Waals surface area contributed by atoms with Crippen LogP contribution in [0.2, 0.25) is 0 Å². The molecule has 0 spiro atoms. The highest BCUT2D eigenvalue weighted by Gasteiger charge is 2.21. The lowest BCUT2D eigenvalue weighted by Gasteiger charge is -2.17. The van der Waals surface area contributed by atoms with Gasteiger partial charge in [0.05, 0.1) is 5.56 Å². The number of amides is 1. The first-order valence-corrected chi connectivity index (χ1v) is 8.24. The topological polar surface area (TPSA) is 69.2 Å². The van der Waals surface area contributed by atoms with Gasteiger partial charge in [-0.25, -0.2) is 0 Å². The molecule has 0 bridgehead atoms. The van der Waals surface area contributed by atoms with Gasteiger partial charge in [0.2, 0.25) is 0 Å². The molecule has 0 saturated carbocycles. The van der Waals surface area contributed by atoms with Crippen molar-refractivity contribution in [2.45, 2.75) is 6.04 Å². The van der Waals surface area contributed by atoms with Crippen molar-refractivity contribution in [1.29, 1.82) is 0 Å². The van der Waals surface area contributed by atoms with Crippen LogP contribution in [-0.2, 0) is 0 Å². The molecule has 2 aromatic carbocycles. The molecular weight excluding hydrogens is 328 g/mol. The summed E-state index contributed by atoms with van der Waals surface area (Å²) in [6.07, 6.45) is 2.60. The number of furan rings is 1. The molecule has 0 saturated heterocycles. The number of rotatable bonds is 4. The van der Waals surface area contributed by atoms with Gasteiger partial charge in [-0.2, -0.15) is 4.73 Å². The highest BCUT2D eigenvalue weighted by molar-refractivity contribution is 5.94. The van der Waals surface area contributed by atoms with E-state index in [1.54, 1.807) is 0 Å². The molecule has 1 amide bonds. The second-order valence-corrected chi connectivity index (χ2v) is 5.95. The Kier molecular flexibility index (Phi) is 4.11. The zero-order chi connectivity index (χ0) is 17.9. The van der Waals surface area contributed by atoms with Crippen LogP contribution in [0.4, 0.5) is 0 Å². The molecule has 0 fully saturated rings. The van der Waals surface area contributed by atoms with Crippen LogP contribution in [0.25, 0.3) is 11.0 Å². The predicted octanol–water partition coefficient (Wildman–Crippen LogP) is 3.59. The number of carbonyl (C=O) groups is 1. The number of carbonyl (C=O) groups excluding carboxylic acids is 1. The standard InChI is InChI=1S/C21H16N2O3/c24-21(16-10-12-23(25)13-11-16)22-20(15-6-2-1-3-7-15)19-14-17-8-4-5-9-18(17)26-19/h1-14,20H,(H,22,24)/t20-/m1/s1. The van der Waals surface area contributed by atoms with Crippen molar-refractivity contribution in [2.75, 3.05) is 0 Å². The van der Waals surface area contributed by atoms with Gasteiger partial charge in [-0.1, -0.05) is 48.5 Å². The Balaban J connectivity index is 1.71. The van der Waals surface area contributed by atoms with Crippen molar-refractivity contribution in [1.82, 2.24) is 5.32 Å². The summed E-state index contributed by atoms with van der Waals surface area (Å²) in [5.74, 6) is 0.375. The van der Waals surface area contributed by atoms with Gasteiger partial charge in [-0.15, -0.1) is 0 Å². The summed E-state index contributed by atoms with van der Waals surface area (Å²) in [7, 11) is 0. The molecule has 128 valence electrons. The van der Waals surface area contributed by atoms with Gasteiger partial charge in [0.25, 0.3) is 5.91 Å². The maximum atomic E-state index is 12.7. The molecule has 5 heteroatoms. The first-order chi connectivity index (χ1) is 12.7. The third-order valence-corrected chi connectivity index (χ3v) is 4.20. The Morgan fingerprint density at radius 2 is 1.65 bits per heavy atom. The van der Waals surface area contributed by atoms with E-state index in [9.17, 15) is 10.0 Å². The lowest BCUT2D eigenvalue weighted by molar-refractivity contribution is -0.605. The summed E-state index contributed by atoms with van der Waals surface area (Å²) in [4.78, 5) is 12.7. The fourth-order valence-corrected chi connectivity index (χ4v) is 2.89. The minimum atomic E-state index is -0.435. The maximum Gasteiger partial charge on any atom is 0.252 e. The van der Waals surface area contributed by atoms with Gasteiger partial charge < -0.3 is 14.9 Å². The van der Waals surface area contributed by atoms with Crippen LogP contribution in [0, 0.1) is 5.21 Å². The maximum absolute atomic E-state index is 12.7. The van der Waals surface area contributed by atoms with Gasteiger partial charge in [-0.05, 0) is 17.7 Å². The number of para-hydroxylation sites is 1. The first kappa shape index (κ1) is 15.9. The molecule has 0 aliphatic heterocycles. The third kappa shape index (κ3) is 3.15. The number of aromatic nitrogens is 1. The van der Waals surface area contributed by atoms with Crippen molar-refractivity contribution in [3.8, 4) is 0 Å². The molecule has 2 aromatic heterocycles. The van der Waals surface area contributed by atoms with E-state index in [0.717, 1.165) is 16.5 Å². The number of hydrogen-bond donors (Lipinski definition) is 1. The smallest absolute Gasteiger partial charge is 0.252 e. The van der Waals surface area contributed by atoms with E-state index in [0.29, 0.717) is 16.1 Å². The quantitative estimate of drug-likeness (QED) is 0.454. The number of nitrogens with one attached hydrogen (secondary N) is 1. The summed E-state index contributed by atoms with van der Waals surface area (Å²) >= 11 is 0. The van der Waals surface area contributed by atoms with E-state index >= 15 is 0 Å². The molecule has 4 aromatic rings. The number of pyridine rings is 1. The molecule has 5 nitrogen and oxygen atoms in total. The zero-order valence-electron chi connectivity index (χ0n) is 13.8. The second-order valence-electron chi connectivity index (χ2n) is 5.95. The number of hydrogen-bond acceptors (Lipinski definition) is 3. The molecule has 0 unspecified atom stereocenters. The lowest BCUT2D eigenvalue weighted by Crippen LogP contribution is -2.30. The van der Waals surface area contributed by atoms with Crippen LogP contribution in [0.5, 0.6) is 0 Å². The van der Waals surface area contributed by atoms with Crippen LogP contribution >= 0.6 is 0 Å². The average molecular weight is 344 g/mol. The molecule has 4 rings (SSSR count). The lowest BCUT2D eigenvalue weighted by atomic mass is 10.0. The Bertz CT molecular complexity index is 1010. The molecule has 0 aliphatic rings. The van der Waals surface area contributed by atoms with Gasteiger partial charge >= 0.3 is 0 Å². The van der Waals surface area contributed by atoms with E-state index in [1.165, 1.54) is 24.5 Å². The molecule has 0 radical (unpaired) electrons. The second kappa shape index (κ2) is 6.72. The van der Waals surface area contributed by atoms with Crippen molar-refractivity contribution in [3.05, 3.63) is 107 Å². The SMILES string of the molecule is O=C(N[C@H](c1ccccc1)c1cc2ccccc2o1)c1cc[n+]([O-])cc1. The Morgan fingerprint density at radius 1 is 0.962 bits per heavy atom. The molecule has 1 atom stereocenters. The zero-order valence-corrected chi connectivity index (χ0v) is 13.8. The summed E-state index contributed by atoms with van der Waals surface area (Å²) in [5.41, 5.74) is 2.09. The van der Waals surface area contributed by atoms with Gasteiger partial charge in [-0.3, -0.25) is 4.79 Å². The van der Waals surface area contributed by atoms with Crippen LogP contribution < -0.4 is 10.0 Å². The molecule has 26 heavy (non-hydrogen) atoms. The number of benzene rings is 2. The van der Waals surface area contributed by atoms with Crippen molar-refractivity contribution in [3.63, 3.8) is 0 Å². The normalized spacial score (nSPS) is 12.0. The van der Waals surface area contributed by atoms with Gasteiger partial charge in [0.1, 0.15) is 17.4 Å². The van der Waals surface area contributed by atoms with Crippen molar-refractivity contribution >= 4 is 16.9 Å². The highest BCUT2D eigenvalue weighted by Crippen LogP contribution is 2.28. The van der Waals surface area contributed by atoms with E-state index in [2.05, 4.69) is 5.32 Å². The Labute approximate surface area is 150 Å². The Hall–Kier alpha value is -3.60. The monoisotopic (exact) mass is 344 g/mol. The van der Waals surface area contributed by atoms with Crippen LogP contribution in [0.3, 0.4) is 0 Å². The Morgan fingerprint density at radius 3 is 2.38 bits per heavy atom. The molecule has 2 heterocycles. The molecule has 0 aliphatic carbocycles. The van der Waals surface area contributed by atoms with E-state index < -0.39 is 6.04 Å². The fraction of sp³-hybridized carbons (Fsp3) is 0.0476. The van der Waals surface area contributed by atoms with Gasteiger partial charge in [0.15, 0.2) is 12.4 Å². The third-order valence-electron chi connectivity index (χ3n) is 4.20. The first-order valence-electron chi connectivity index (χ1n) is 8.24. The molecular formula is C21H16N2O3. The van der Waals surface area contributed by atoms with Crippen molar-refractivity contribution in [2.24, 2.45) is 0 Å². The van der Waals surface area contributed by atoms with Gasteiger partial charge in [0, 0.05) is 17.5 Å². The summed E-state index contributed by atoms with van der Waals surface area (Å²) < 4.78 is 6.62. The minimum Gasteiger partial charge on any atom is -0.619 e. The van der Waals surface area contributed by atoms with Crippen molar-refractivity contribution < 1.29 is 13.9 Å². The number of nitrogens with zero attached hydrogens (tertiary/aromatic N) is 1. The van der Waals surface area contributed by atoms with E-state index in [-0.39, 0.29) is 5.91 Å². The summed E-state index contributed by atoms with van der Waals surface area (Å²) in [6, 6.07) is 21.8. The minimum absolute atomic E-state index is 0.278. The highest BCUT2D eigenvalue weighted by atomic mass is 16.5. The fourth-order valence-electron chi connectivity index (χ4n) is 2.89. The van der Waals surface area contributed by atoms with Crippen LogP contribution in [-0.4, -0.2) is 5.91 Å². The average Bonchev–Trinajstić information content (AvgIpc) is 3.11. The van der Waals surface area contributed by atoms with Crippen LogP contribution in [0.15, 0.2) is 89.6 Å². The summed E-state index contributed by atoms with van der Waals surface area (Å²) in [6.45, 7) is 0. The van der Waals surface area contributed by atoms with E-state index in [4.69, 9.17) is 4.42 Å². The summed E-state index contributed by atoms with van der Waals surface area (Å²) in [5, 5.41) is 15.2. The van der Waals surface area contributed by atoms with Crippen LogP contribution in [0.1, 0.15) is 27.7 Å². The van der Waals surface area contributed by atoms with E-state index in [1.807, 2.05) is 60.7 Å².